The number of hydrogen-bond donors (Lipinski definition) is 1. The highest BCUT2D eigenvalue weighted by atomic mass is 35.5. The molecule has 0 saturated carbocycles. The van der Waals surface area contributed by atoms with Crippen LogP contribution in [0, 0.1) is 0 Å². The van der Waals surface area contributed by atoms with E-state index in [-0.39, 0.29) is 30.4 Å². The second-order valence-electron chi connectivity index (χ2n) is 7.24. The number of halogens is 1. The van der Waals surface area contributed by atoms with E-state index in [0.717, 1.165) is 11.8 Å². The zero-order chi connectivity index (χ0) is 22.0. The van der Waals surface area contributed by atoms with Crippen LogP contribution in [0.15, 0.2) is 51.7 Å². The Bertz CT molecular complexity index is 1310. The summed E-state index contributed by atoms with van der Waals surface area (Å²) < 4.78 is 11.2. The monoisotopic (exact) mass is 439 g/mol. The third kappa shape index (κ3) is 4.19. The van der Waals surface area contributed by atoms with Crippen LogP contribution in [0.25, 0.3) is 21.9 Å². The molecule has 4 aromatic rings. The quantitative estimate of drug-likeness (QED) is 0.457. The van der Waals surface area contributed by atoms with Gasteiger partial charge >= 0.3 is 0 Å². The number of nitrogens with zero attached hydrogens (tertiary/aromatic N) is 2. The van der Waals surface area contributed by atoms with Gasteiger partial charge in [0, 0.05) is 29.6 Å². The van der Waals surface area contributed by atoms with Crippen LogP contribution < -0.4 is 5.56 Å². The smallest absolute Gasteiger partial charge is 0.290 e. The first-order valence-corrected chi connectivity index (χ1v) is 10.4. The van der Waals surface area contributed by atoms with Gasteiger partial charge in [0.2, 0.25) is 0 Å². The average Bonchev–Trinajstić information content (AvgIpc) is 3.11. The zero-order valence-corrected chi connectivity index (χ0v) is 18.0. The third-order valence-corrected chi connectivity index (χ3v) is 5.26. The molecule has 4 rings (SSSR count). The first-order chi connectivity index (χ1) is 15.0. The predicted molar refractivity (Wildman–Crippen MR) is 119 cm³/mol. The lowest BCUT2D eigenvalue weighted by molar-refractivity contribution is 0.0702. The molecule has 0 spiro atoms. The molecule has 2 heterocycles. The molecule has 0 unspecified atom stereocenters. The second kappa shape index (κ2) is 8.91. The number of ether oxygens (including phenoxy) is 1. The minimum atomic E-state index is -0.279. The van der Waals surface area contributed by atoms with E-state index in [1.54, 1.807) is 30.2 Å². The largest absolute Gasteiger partial charge is 0.451 e. The van der Waals surface area contributed by atoms with Crippen LogP contribution in [0.2, 0.25) is 5.02 Å². The third-order valence-electron chi connectivity index (χ3n) is 5.02. The number of hydrogen-bond acceptors (Lipinski definition) is 5. The molecule has 0 aliphatic heterocycles. The topological polar surface area (TPSA) is 88.4 Å². The molecule has 7 nitrogen and oxygen atoms in total. The Labute approximate surface area is 183 Å². The highest BCUT2D eigenvalue weighted by Crippen LogP contribution is 2.28. The van der Waals surface area contributed by atoms with Gasteiger partial charge in [-0.3, -0.25) is 9.59 Å². The van der Waals surface area contributed by atoms with E-state index in [1.807, 2.05) is 31.2 Å². The summed E-state index contributed by atoms with van der Waals surface area (Å²) in [5.74, 6) is 0.340. The van der Waals surface area contributed by atoms with E-state index in [2.05, 4.69) is 9.97 Å². The van der Waals surface area contributed by atoms with E-state index >= 15 is 0 Å². The number of nitrogens with one attached hydrogen (secondary N) is 1. The molecule has 31 heavy (non-hydrogen) atoms. The fourth-order valence-corrected chi connectivity index (χ4v) is 3.81. The van der Waals surface area contributed by atoms with Crippen molar-refractivity contribution in [3.05, 3.63) is 75.0 Å². The van der Waals surface area contributed by atoms with Crippen molar-refractivity contribution in [3.8, 4) is 0 Å². The van der Waals surface area contributed by atoms with Crippen molar-refractivity contribution in [1.82, 2.24) is 14.9 Å². The molecular weight excluding hydrogens is 418 g/mol. The normalized spacial score (nSPS) is 11.3. The van der Waals surface area contributed by atoms with Gasteiger partial charge in [0.1, 0.15) is 11.4 Å². The van der Waals surface area contributed by atoms with Crippen LogP contribution in [0.1, 0.15) is 35.3 Å². The number of furan rings is 1. The number of amides is 1. The first kappa shape index (κ1) is 21.1. The van der Waals surface area contributed by atoms with Crippen LogP contribution in [-0.2, 0) is 17.9 Å². The highest BCUT2D eigenvalue weighted by Gasteiger charge is 2.25. The van der Waals surface area contributed by atoms with Crippen LogP contribution in [0.3, 0.4) is 0 Å². The molecule has 0 bridgehead atoms. The van der Waals surface area contributed by atoms with Gasteiger partial charge in [-0.15, -0.1) is 0 Å². The van der Waals surface area contributed by atoms with Gasteiger partial charge in [0.05, 0.1) is 24.1 Å². The van der Waals surface area contributed by atoms with E-state index in [9.17, 15) is 9.59 Å². The number of benzene rings is 2. The summed E-state index contributed by atoms with van der Waals surface area (Å²) in [5, 5.41) is 1.78. The number of fused-ring (bicyclic) bond motifs is 2. The molecule has 8 heteroatoms. The average molecular weight is 440 g/mol. The van der Waals surface area contributed by atoms with Crippen molar-refractivity contribution in [2.45, 2.75) is 26.5 Å². The first-order valence-electron chi connectivity index (χ1n) is 9.99. The molecule has 0 radical (unpaired) electrons. The second-order valence-corrected chi connectivity index (χ2v) is 7.68. The number of aromatic amines is 1. The summed E-state index contributed by atoms with van der Waals surface area (Å²) in [4.78, 5) is 34.8. The van der Waals surface area contributed by atoms with Crippen molar-refractivity contribution in [2.24, 2.45) is 0 Å². The van der Waals surface area contributed by atoms with Gasteiger partial charge in [-0.25, -0.2) is 4.98 Å². The minimum absolute atomic E-state index is 0.133. The van der Waals surface area contributed by atoms with Crippen molar-refractivity contribution < 1.29 is 13.9 Å². The van der Waals surface area contributed by atoms with Crippen LogP contribution in [-0.4, -0.2) is 34.4 Å². The van der Waals surface area contributed by atoms with Gasteiger partial charge < -0.3 is 19.0 Å². The Kier molecular flexibility index (Phi) is 6.06. The van der Waals surface area contributed by atoms with E-state index in [4.69, 9.17) is 20.8 Å². The minimum Gasteiger partial charge on any atom is -0.451 e. The number of carbonyl (C=O) groups excluding carboxylic acids is 1. The van der Waals surface area contributed by atoms with Crippen LogP contribution in [0.4, 0.5) is 0 Å². The summed E-state index contributed by atoms with van der Waals surface area (Å²) in [6.45, 7) is 2.83. The number of carbonyl (C=O) groups is 1. The Morgan fingerprint density at radius 2 is 2.03 bits per heavy atom. The zero-order valence-electron chi connectivity index (χ0n) is 17.3. The summed E-state index contributed by atoms with van der Waals surface area (Å²) in [7, 11) is 1.58. The molecule has 160 valence electrons. The molecule has 2 aromatic carbocycles. The molecule has 0 saturated heterocycles. The van der Waals surface area contributed by atoms with Gasteiger partial charge in [0.15, 0.2) is 5.76 Å². The van der Waals surface area contributed by atoms with E-state index in [1.165, 1.54) is 0 Å². The number of methoxy groups -OCH3 is 1. The molecule has 1 N–H and O–H groups in total. The van der Waals surface area contributed by atoms with Crippen LogP contribution in [0.5, 0.6) is 0 Å². The predicted octanol–water partition coefficient (Wildman–Crippen LogP) is 4.52. The Morgan fingerprint density at radius 1 is 1.23 bits per heavy atom. The van der Waals surface area contributed by atoms with Crippen LogP contribution >= 0.6 is 11.6 Å². The maximum absolute atomic E-state index is 13.4. The van der Waals surface area contributed by atoms with Gasteiger partial charge in [0.25, 0.3) is 11.5 Å². The lowest BCUT2D eigenvalue weighted by Crippen LogP contribution is -2.33. The van der Waals surface area contributed by atoms with Gasteiger partial charge in [-0.2, -0.15) is 0 Å². The Balaban J connectivity index is 1.72. The summed E-state index contributed by atoms with van der Waals surface area (Å²) >= 11 is 6.05. The molecular formula is C23H22ClN3O4. The molecule has 0 atom stereocenters. The number of rotatable bonds is 7. The maximum atomic E-state index is 13.4. The fourth-order valence-electron chi connectivity index (χ4n) is 3.64. The summed E-state index contributed by atoms with van der Waals surface area (Å²) in [6, 6.07) is 12.4. The van der Waals surface area contributed by atoms with Crippen molar-refractivity contribution in [3.63, 3.8) is 0 Å². The SMILES string of the molecule is CCCN(Cc1nc2cc(Cl)ccc2c(=O)[nH]1)C(=O)c1oc2ccccc2c1COC. The Hall–Kier alpha value is -3.16. The van der Waals surface area contributed by atoms with E-state index < -0.39 is 0 Å². The lowest BCUT2D eigenvalue weighted by atomic mass is 10.1. The van der Waals surface area contributed by atoms with Crippen molar-refractivity contribution in [2.75, 3.05) is 13.7 Å². The van der Waals surface area contributed by atoms with Crippen molar-refractivity contribution >= 4 is 39.4 Å². The fraction of sp³-hybridized carbons (Fsp3) is 0.261. The maximum Gasteiger partial charge on any atom is 0.290 e. The molecule has 0 fully saturated rings. The molecule has 2 aromatic heterocycles. The molecule has 0 aliphatic rings. The van der Waals surface area contributed by atoms with Gasteiger partial charge in [-0.05, 0) is 30.7 Å². The number of H-pyrrole nitrogens is 1. The van der Waals surface area contributed by atoms with Gasteiger partial charge in [-0.1, -0.05) is 36.7 Å². The molecule has 1 amide bonds. The van der Waals surface area contributed by atoms with E-state index in [0.29, 0.717) is 39.4 Å². The number of aromatic nitrogens is 2. The standard InChI is InChI=1S/C23H22ClN3O4/c1-3-10-27(12-20-25-18-11-14(24)8-9-16(18)22(28)26-20)23(29)21-17(13-30-2)15-6-4-5-7-19(15)31-21/h4-9,11H,3,10,12-13H2,1-2H3,(H,25,26,28). The molecule has 0 aliphatic carbocycles. The lowest BCUT2D eigenvalue weighted by Gasteiger charge is -2.21. The highest BCUT2D eigenvalue weighted by molar-refractivity contribution is 6.31. The summed E-state index contributed by atoms with van der Waals surface area (Å²) in [5.41, 5.74) is 1.54. The summed E-state index contributed by atoms with van der Waals surface area (Å²) in [6.07, 6.45) is 0.731. The Morgan fingerprint density at radius 3 is 2.81 bits per heavy atom. The number of para-hydroxylation sites is 1. The van der Waals surface area contributed by atoms with Crippen molar-refractivity contribution in [1.29, 1.82) is 0 Å².